The van der Waals surface area contributed by atoms with Gasteiger partial charge in [-0.1, -0.05) is 48.5 Å². The summed E-state index contributed by atoms with van der Waals surface area (Å²) in [5.41, 5.74) is 2.94. The van der Waals surface area contributed by atoms with E-state index in [0.717, 1.165) is 51.7 Å². The average Bonchev–Trinajstić information content (AvgIpc) is 2.83. The van der Waals surface area contributed by atoms with Crippen molar-refractivity contribution >= 4 is 21.5 Å². The number of hydrogen-bond donors (Lipinski definition) is 0. The Bertz CT molecular complexity index is 804. The van der Waals surface area contributed by atoms with Gasteiger partial charge in [0.2, 0.25) is 0 Å². The Morgan fingerprint density at radius 2 is 0.844 bits per heavy atom. The Kier molecular flexibility index (Phi) is 11.0. The standard InChI is InChI=1S/C28H38O4/c1-29-19-21-31-17-9-7-15-27-23-11-3-5-13-25(23)28(26-14-6-4-12-24(26)27)16-8-10-18-32-22-20-30-2/h3-6,11-14H,7-10,15-22H2,1-2H3. The molecule has 0 radical (unpaired) electrons. The number of hydrogen-bond acceptors (Lipinski definition) is 4. The van der Waals surface area contributed by atoms with Gasteiger partial charge in [0.05, 0.1) is 26.4 Å². The van der Waals surface area contributed by atoms with Crippen LogP contribution >= 0.6 is 0 Å². The van der Waals surface area contributed by atoms with E-state index < -0.39 is 0 Å². The molecule has 0 heterocycles. The second-order valence-corrected chi connectivity index (χ2v) is 8.17. The number of fused-ring (bicyclic) bond motifs is 2. The Morgan fingerprint density at radius 1 is 0.469 bits per heavy atom. The molecule has 0 bridgehead atoms. The van der Waals surface area contributed by atoms with Gasteiger partial charge in [-0.05, 0) is 71.2 Å². The zero-order valence-corrected chi connectivity index (χ0v) is 19.7. The highest BCUT2D eigenvalue weighted by Gasteiger charge is 2.13. The van der Waals surface area contributed by atoms with E-state index in [1.807, 2.05) is 0 Å². The summed E-state index contributed by atoms with van der Waals surface area (Å²) in [5, 5.41) is 5.60. The molecule has 0 fully saturated rings. The van der Waals surface area contributed by atoms with Gasteiger partial charge in [0, 0.05) is 27.4 Å². The molecule has 0 spiro atoms. The van der Waals surface area contributed by atoms with Crippen molar-refractivity contribution in [2.45, 2.75) is 38.5 Å². The molecule has 3 aromatic rings. The zero-order valence-electron chi connectivity index (χ0n) is 19.7. The van der Waals surface area contributed by atoms with Crippen LogP contribution in [0.5, 0.6) is 0 Å². The van der Waals surface area contributed by atoms with E-state index in [-0.39, 0.29) is 0 Å². The number of methoxy groups -OCH3 is 2. The van der Waals surface area contributed by atoms with Crippen molar-refractivity contribution in [2.24, 2.45) is 0 Å². The maximum absolute atomic E-state index is 5.65. The van der Waals surface area contributed by atoms with E-state index in [4.69, 9.17) is 18.9 Å². The number of benzene rings is 3. The molecule has 0 amide bonds. The average molecular weight is 439 g/mol. The van der Waals surface area contributed by atoms with Gasteiger partial charge in [0.25, 0.3) is 0 Å². The van der Waals surface area contributed by atoms with Crippen LogP contribution in [0.3, 0.4) is 0 Å². The lowest BCUT2D eigenvalue weighted by Crippen LogP contribution is -2.04. The summed E-state index contributed by atoms with van der Waals surface area (Å²) in [7, 11) is 3.42. The van der Waals surface area contributed by atoms with Gasteiger partial charge < -0.3 is 18.9 Å². The minimum atomic E-state index is 0.663. The molecule has 4 nitrogen and oxygen atoms in total. The minimum absolute atomic E-state index is 0.663. The smallest absolute Gasteiger partial charge is 0.0700 e. The summed E-state index contributed by atoms with van der Waals surface area (Å²) in [6, 6.07) is 17.9. The van der Waals surface area contributed by atoms with Crippen molar-refractivity contribution in [1.82, 2.24) is 0 Å². The van der Waals surface area contributed by atoms with Crippen LogP contribution in [0, 0.1) is 0 Å². The molecular formula is C28H38O4. The van der Waals surface area contributed by atoms with Gasteiger partial charge in [-0.25, -0.2) is 0 Å². The first-order chi connectivity index (χ1) is 15.9. The Balaban J connectivity index is 1.72. The minimum Gasteiger partial charge on any atom is -0.382 e. The fourth-order valence-electron chi connectivity index (χ4n) is 4.35. The summed E-state index contributed by atoms with van der Waals surface area (Å²) in [6.07, 6.45) is 6.53. The third-order valence-electron chi connectivity index (χ3n) is 5.95. The first-order valence-electron chi connectivity index (χ1n) is 11.9. The fourth-order valence-corrected chi connectivity index (χ4v) is 4.35. The lowest BCUT2D eigenvalue weighted by atomic mass is 9.88. The highest BCUT2D eigenvalue weighted by Crippen LogP contribution is 2.34. The monoisotopic (exact) mass is 438 g/mol. The topological polar surface area (TPSA) is 36.9 Å². The first-order valence-corrected chi connectivity index (χ1v) is 11.9. The molecule has 0 N–H and O–H groups in total. The summed E-state index contributed by atoms with van der Waals surface area (Å²) >= 11 is 0. The van der Waals surface area contributed by atoms with Crippen molar-refractivity contribution in [3.63, 3.8) is 0 Å². The molecule has 0 aliphatic heterocycles. The van der Waals surface area contributed by atoms with Crippen LogP contribution in [0.25, 0.3) is 21.5 Å². The van der Waals surface area contributed by atoms with Gasteiger partial charge in [0.1, 0.15) is 0 Å². The van der Waals surface area contributed by atoms with Crippen LogP contribution in [-0.2, 0) is 31.8 Å². The lowest BCUT2D eigenvalue weighted by molar-refractivity contribution is 0.0688. The lowest BCUT2D eigenvalue weighted by Gasteiger charge is -2.17. The molecule has 4 heteroatoms. The van der Waals surface area contributed by atoms with Crippen molar-refractivity contribution < 1.29 is 18.9 Å². The predicted molar refractivity (Wildman–Crippen MR) is 133 cm³/mol. The summed E-state index contributed by atoms with van der Waals surface area (Å²) in [5.74, 6) is 0. The highest BCUT2D eigenvalue weighted by atomic mass is 16.5. The van der Waals surface area contributed by atoms with Gasteiger partial charge in [-0.15, -0.1) is 0 Å². The molecule has 0 atom stereocenters. The third-order valence-corrected chi connectivity index (χ3v) is 5.95. The largest absolute Gasteiger partial charge is 0.382 e. The SMILES string of the molecule is COCCOCCCCc1c2ccccc2c(CCCCOCCOC)c2ccccc12. The first kappa shape index (κ1) is 24.7. The molecule has 174 valence electrons. The van der Waals surface area contributed by atoms with Crippen LogP contribution in [0.4, 0.5) is 0 Å². The number of aryl methyl sites for hydroxylation is 2. The molecule has 32 heavy (non-hydrogen) atoms. The van der Waals surface area contributed by atoms with E-state index in [0.29, 0.717) is 26.4 Å². The van der Waals surface area contributed by atoms with E-state index >= 15 is 0 Å². The van der Waals surface area contributed by atoms with Gasteiger partial charge in [-0.2, -0.15) is 0 Å². The summed E-state index contributed by atoms with van der Waals surface area (Å²) < 4.78 is 21.4. The van der Waals surface area contributed by atoms with Gasteiger partial charge in [0.15, 0.2) is 0 Å². The molecule has 0 aliphatic rings. The maximum atomic E-state index is 5.65. The third kappa shape index (κ3) is 7.01. The van der Waals surface area contributed by atoms with Gasteiger partial charge in [-0.3, -0.25) is 0 Å². The molecule has 0 saturated heterocycles. The van der Waals surface area contributed by atoms with E-state index in [2.05, 4.69) is 48.5 Å². The summed E-state index contributed by atoms with van der Waals surface area (Å²) in [4.78, 5) is 0. The molecule has 0 saturated carbocycles. The van der Waals surface area contributed by atoms with Crippen molar-refractivity contribution in [2.75, 3.05) is 53.9 Å². The van der Waals surface area contributed by atoms with Crippen molar-refractivity contribution in [3.8, 4) is 0 Å². The fraction of sp³-hybridized carbons (Fsp3) is 0.500. The van der Waals surface area contributed by atoms with Crippen LogP contribution < -0.4 is 0 Å². The Morgan fingerprint density at radius 3 is 1.19 bits per heavy atom. The van der Waals surface area contributed by atoms with Crippen LogP contribution in [-0.4, -0.2) is 53.9 Å². The van der Waals surface area contributed by atoms with E-state index in [9.17, 15) is 0 Å². The zero-order chi connectivity index (χ0) is 22.4. The number of rotatable bonds is 16. The number of ether oxygens (including phenoxy) is 4. The Hall–Kier alpha value is -1.98. The van der Waals surface area contributed by atoms with Gasteiger partial charge >= 0.3 is 0 Å². The highest BCUT2D eigenvalue weighted by molar-refractivity contribution is 6.05. The number of unbranched alkanes of at least 4 members (excludes halogenated alkanes) is 2. The summed E-state index contributed by atoms with van der Waals surface area (Å²) in [6.45, 7) is 4.27. The molecule has 3 rings (SSSR count). The molecule has 3 aromatic carbocycles. The molecular weight excluding hydrogens is 400 g/mol. The quantitative estimate of drug-likeness (QED) is 0.204. The molecule has 0 unspecified atom stereocenters. The van der Waals surface area contributed by atoms with E-state index in [1.165, 1.54) is 32.7 Å². The van der Waals surface area contributed by atoms with Crippen molar-refractivity contribution in [3.05, 3.63) is 59.7 Å². The van der Waals surface area contributed by atoms with E-state index in [1.54, 1.807) is 14.2 Å². The predicted octanol–water partition coefficient (Wildman–Crippen LogP) is 5.96. The molecule has 0 aromatic heterocycles. The van der Waals surface area contributed by atoms with Crippen LogP contribution in [0.2, 0.25) is 0 Å². The second kappa shape index (κ2) is 14.2. The second-order valence-electron chi connectivity index (χ2n) is 8.17. The normalized spacial score (nSPS) is 11.6. The van der Waals surface area contributed by atoms with Crippen LogP contribution in [0.15, 0.2) is 48.5 Å². The van der Waals surface area contributed by atoms with Crippen LogP contribution in [0.1, 0.15) is 36.8 Å². The molecule has 0 aliphatic carbocycles. The Labute approximate surface area is 192 Å². The van der Waals surface area contributed by atoms with Crippen molar-refractivity contribution in [1.29, 1.82) is 0 Å². The maximum Gasteiger partial charge on any atom is 0.0700 e.